The molecule has 0 saturated carbocycles. The fourth-order valence-corrected chi connectivity index (χ4v) is 5.78. The third-order valence-corrected chi connectivity index (χ3v) is 6.97. The third-order valence-electron chi connectivity index (χ3n) is 4.91. The molecule has 5 rings (SSSR count). The molecule has 0 fully saturated rings. The Labute approximate surface area is 158 Å². The van der Waals surface area contributed by atoms with Crippen LogP contribution in [0.15, 0.2) is 40.5 Å². The first-order valence-corrected chi connectivity index (χ1v) is 10.6. The van der Waals surface area contributed by atoms with Crippen molar-refractivity contribution >= 4 is 39.0 Å². The maximum Gasteiger partial charge on any atom is 0.260 e. The molecular weight excluding hydrogens is 364 g/mol. The number of nitrogens with zero attached hydrogens (tertiary/aromatic N) is 3. The monoisotopic (exact) mass is 382 g/mol. The minimum atomic E-state index is -0.000413. The number of aromatic amines is 1. The molecule has 0 amide bonds. The summed E-state index contributed by atoms with van der Waals surface area (Å²) in [6.45, 7) is 2.28. The van der Waals surface area contributed by atoms with Gasteiger partial charge in [-0.25, -0.2) is 9.97 Å². The van der Waals surface area contributed by atoms with Crippen molar-refractivity contribution in [3.63, 3.8) is 0 Å². The molecule has 26 heavy (non-hydrogen) atoms. The first-order valence-electron chi connectivity index (χ1n) is 8.77. The average molecular weight is 383 g/mol. The second-order valence-electron chi connectivity index (χ2n) is 6.89. The number of hydrogen-bond donors (Lipinski definition) is 1. The fraction of sp³-hybridized carbons (Fsp3) is 0.316. The first-order chi connectivity index (χ1) is 12.7. The summed E-state index contributed by atoms with van der Waals surface area (Å²) in [7, 11) is 0. The van der Waals surface area contributed by atoms with Crippen LogP contribution in [0.3, 0.4) is 0 Å². The third kappa shape index (κ3) is 2.75. The van der Waals surface area contributed by atoms with E-state index in [4.69, 9.17) is 4.98 Å². The molecule has 0 bridgehead atoms. The highest BCUT2D eigenvalue weighted by Gasteiger charge is 2.23. The van der Waals surface area contributed by atoms with Crippen LogP contribution in [0.2, 0.25) is 0 Å². The molecule has 0 aliphatic heterocycles. The maximum absolute atomic E-state index is 12.6. The molecule has 1 atom stereocenters. The molecule has 1 N–H and O–H groups in total. The predicted molar refractivity (Wildman–Crippen MR) is 106 cm³/mol. The van der Waals surface area contributed by atoms with Crippen LogP contribution in [0.5, 0.6) is 0 Å². The Morgan fingerprint density at radius 3 is 3.19 bits per heavy atom. The zero-order chi connectivity index (χ0) is 17.7. The number of fused-ring (bicyclic) bond motifs is 4. The lowest BCUT2D eigenvalue weighted by Crippen LogP contribution is -2.13. The molecule has 4 aromatic rings. The van der Waals surface area contributed by atoms with E-state index in [1.807, 2.05) is 35.0 Å². The lowest BCUT2D eigenvalue weighted by atomic mass is 9.89. The van der Waals surface area contributed by atoms with Crippen LogP contribution < -0.4 is 5.56 Å². The van der Waals surface area contributed by atoms with E-state index >= 15 is 0 Å². The van der Waals surface area contributed by atoms with Crippen molar-refractivity contribution in [2.75, 3.05) is 0 Å². The van der Waals surface area contributed by atoms with E-state index in [2.05, 4.69) is 16.9 Å². The number of thiophene rings is 1. The molecule has 0 aromatic carbocycles. The summed E-state index contributed by atoms with van der Waals surface area (Å²) < 4.78 is 2.00. The molecule has 4 heterocycles. The quantitative estimate of drug-likeness (QED) is 0.429. The molecule has 132 valence electrons. The van der Waals surface area contributed by atoms with Crippen molar-refractivity contribution in [3.8, 4) is 0 Å². The normalized spacial score (nSPS) is 17.0. The minimum Gasteiger partial charge on any atom is -0.307 e. The molecule has 7 heteroatoms. The van der Waals surface area contributed by atoms with E-state index in [-0.39, 0.29) is 5.56 Å². The van der Waals surface area contributed by atoms with Crippen LogP contribution in [0.4, 0.5) is 0 Å². The number of rotatable bonds is 3. The SMILES string of the molecule is C[C@@H]1CCc2c(sc3nc(SCc4cn5ccccc5n4)[nH]c(=O)c23)C1. The molecule has 0 radical (unpaired) electrons. The van der Waals surface area contributed by atoms with Crippen LogP contribution in [0.25, 0.3) is 15.9 Å². The summed E-state index contributed by atoms with van der Waals surface area (Å²) in [5, 5.41) is 1.49. The van der Waals surface area contributed by atoms with Crippen LogP contribution in [-0.2, 0) is 18.6 Å². The van der Waals surface area contributed by atoms with Gasteiger partial charge in [-0.05, 0) is 42.9 Å². The fourth-order valence-electron chi connectivity index (χ4n) is 3.60. The molecule has 5 nitrogen and oxygen atoms in total. The number of thioether (sulfide) groups is 1. The number of pyridine rings is 1. The second-order valence-corrected chi connectivity index (χ2v) is 8.94. The van der Waals surface area contributed by atoms with Crippen molar-refractivity contribution in [1.82, 2.24) is 19.4 Å². The smallest absolute Gasteiger partial charge is 0.260 e. The molecule has 0 saturated heterocycles. The zero-order valence-electron chi connectivity index (χ0n) is 14.4. The number of hydrogen-bond acceptors (Lipinski definition) is 5. The van der Waals surface area contributed by atoms with Gasteiger partial charge in [0.1, 0.15) is 10.5 Å². The van der Waals surface area contributed by atoms with E-state index in [0.717, 1.165) is 40.8 Å². The number of nitrogens with one attached hydrogen (secondary N) is 1. The zero-order valence-corrected chi connectivity index (χ0v) is 16.0. The lowest BCUT2D eigenvalue weighted by Gasteiger charge is -2.17. The van der Waals surface area contributed by atoms with Gasteiger partial charge in [-0.2, -0.15) is 0 Å². The Kier molecular flexibility index (Phi) is 3.86. The van der Waals surface area contributed by atoms with Crippen LogP contribution in [0, 0.1) is 5.92 Å². The van der Waals surface area contributed by atoms with Gasteiger partial charge in [-0.15, -0.1) is 11.3 Å². The molecule has 1 aliphatic carbocycles. The van der Waals surface area contributed by atoms with Crippen LogP contribution >= 0.6 is 23.1 Å². The van der Waals surface area contributed by atoms with Gasteiger partial charge in [0.25, 0.3) is 5.56 Å². The van der Waals surface area contributed by atoms with E-state index in [1.165, 1.54) is 22.2 Å². The van der Waals surface area contributed by atoms with Gasteiger partial charge in [-0.3, -0.25) is 4.79 Å². The summed E-state index contributed by atoms with van der Waals surface area (Å²) in [5.41, 5.74) is 3.14. The van der Waals surface area contributed by atoms with Crippen LogP contribution in [-0.4, -0.2) is 19.4 Å². The molecule has 0 unspecified atom stereocenters. The molecule has 0 spiro atoms. The van der Waals surface area contributed by atoms with E-state index in [0.29, 0.717) is 16.8 Å². The van der Waals surface area contributed by atoms with E-state index in [1.54, 1.807) is 11.3 Å². The van der Waals surface area contributed by atoms with Gasteiger partial charge in [0, 0.05) is 23.0 Å². The van der Waals surface area contributed by atoms with Gasteiger partial charge in [0.05, 0.1) is 11.1 Å². The van der Waals surface area contributed by atoms with Crippen LogP contribution in [0.1, 0.15) is 29.5 Å². The van der Waals surface area contributed by atoms with Crippen molar-refractivity contribution in [3.05, 3.63) is 57.1 Å². The Balaban J connectivity index is 1.45. The second kappa shape index (κ2) is 6.25. The highest BCUT2D eigenvalue weighted by molar-refractivity contribution is 7.98. The summed E-state index contributed by atoms with van der Waals surface area (Å²) >= 11 is 3.22. The maximum atomic E-state index is 12.6. The largest absolute Gasteiger partial charge is 0.307 e. The average Bonchev–Trinajstić information content (AvgIpc) is 3.19. The van der Waals surface area contributed by atoms with E-state index < -0.39 is 0 Å². The number of imidazole rings is 1. The van der Waals surface area contributed by atoms with E-state index in [9.17, 15) is 4.79 Å². The Morgan fingerprint density at radius 1 is 1.38 bits per heavy atom. The Hall–Kier alpha value is -2.12. The van der Waals surface area contributed by atoms with Crippen molar-refractivity contribution in [2.24, 2.45) is 5.92 Å². The first kappa shape index (κ1) is 16.1. The van der Waals surface area contributed by atoms with Gasteiger partial charge in [0.2, 0.25) is 0 Å². The summed E-state index contributed by atoms with van der Waals surface area (Å²) in [4.78, 5) is 27.2. The highest BCUT2D eigenvalue weighted by atomic mass is 32.2. The van der Waals surface area contributed by atoms with Gasteiger partial charge in [-0.1, -0.05) is 24.8 Å². The van der Waals surface area contributed by atoms with Crippen molar-refractivity contribution in [1.29, 1.82) is 0 Å². The standard InChI is InChI=1S/C19H18N4OS2/c1-11-5-6-13-14(8-11)26-18-16(13)17(24)21-19(22-18)25-10-12-9-23-7-3-2-4-15(23)20-12/h2-4,7,9,11H,5-6,8,10H2,1H3,(H,21,22,24)/t11-/m1/s1. The Bertz CT molecular complexity index is 1140. The van der Waals surface area contributed by atoms with Crippen molar-refractivity contribution < 1.29 is 0 Å². The number of H-pyrrole nitrogens is 1. The number of aromatic nitrogens is 4. The molecule has 4 aromatic heterocycles. The minimum absolute atomic E-state index is 0.000413. The van der Waals surface area contributed by atoms with Gasteiger partial charge < -0.3 is 9.38 Å². The Morgan fingerprint density at radius 2 is 2.31 bits per heavy atom. The highest BCUT2D eigenvalue weighted by Crippen LogP contribution is 2.36. The summed E-state index contributed by atoms with van der Waals surface area (Å²) in [6, 6.07) is 5.95. The molecular formula is C19H18N4OS2. The van der Waals surface area contributed by atoms with Gasteiger partial charge >= 0.3 is 0 Å². The topological polar surface area (TPSA) is 63.1 Å². The molecule has 1 aliphatic rings. The van der Waals surface area contributed by atoms with Gasteiger partial charge in [0.15, 0.2) is 5.16 Å². The summed E-state index contributed by atoms with van der Waals surface area (Å²) in [6.07, 6.45) is 7.22. The van der Waals surface area contributed by atoms with Crippen molar-refractivity contribution in [2.45, 2.75) is 37.1 Å². The summed E-state index contributed by atoms with van der Waals surface area (Å²) in [5.74, 6) is 1.37. The predicted octanol–water partition coefficient (Wildman–Crippen LogP) is 4.05. The lowest BCUT2D eigenvalue weighted by molar-refractivity contribution is 0.509. The number of aryl methyl sites for hydroxylation is 1.